The maximum absolute atomic E-state index is 12.0. The molecule has 0 spiro atoms. The van der Waals surface area contributed by atoms with Crippen molar-refractivity contribution in [3.8, 4) is 0 Å². The minimum absolute atomic E-state index is 0.0368. The third kappa shape index (κ3) is 4.39. The quantitative estimate of drug-likeness (QED) is 0.361. The van der Waals surface area contributed by atoms with Gasteiger partial charge in [-0.15, -0.1) is 0 Å². The minimum atomic E-state index is -1.14. The summed E-state index contributed by atoms with van der Waals surface area (Å²) in [7, 11) is 0. The van der Waals surface area contributed by atoms with E-state index in [1.165, 1.54) is 17.0 Å². The summed E-state index contributed by atoms with van der Waals surface area (Å²) in [5, 5.41) is 0. The molecule has 1 heterocycles. The van der Waals surface area contributed by atoms with Gasteiger partial charge >= 0.3 is 12.1 Å². The highest BCUT2D eigenvalue weighted by molar-refractivity contribution is 6.41. The molecule has 0 aliphatic carbocycles. The number of nitrogens with zero attached hydrogens (tertiary/aromatic N) is 2. The van der Waals surface area contributed by atoms with Gasteiger partial charge in [0, 0.05) is 37.3 Å². The third-order valence-corrected chi connectivity index (χ3v) is 3.89. The van der Waals surface area contributed by atoms with Crippen molar-refractivity contribution in [2.75, 3.05) is 26.2 Å². The number of carbonyl (C=O) groups excluding carboxylic acids is 3. The van der Waals surface area contributed by atoms with Crippen LogP contribution in [0.15, 0.2) is 30.3 Å². The number of carbonyl (C=O) groups is 3. The summed E-state index contributed by atoms with van der Waals surface area (Å²) < 4.78 is 4.71. The Kier molecular flexibility index (Phi) is 5.15. The van der Waals surface area contributed by atoms with Crippen LogP contribution in [0.3, 0.4) is 0 Å². The Labute approximate surface area is 136 Å². The van der Waals surface area contributed by atoms with E-state index in [4.69, 9.17) is 4.74 Å². The number of ketones is 1. The zero-order chi connectivity index (χ0) is 17.0. The first-order valence-electron chi connectivity index (χ1n) is 7.64. The van der Waals surface area contributed by atoms with Crippen LogP contribution >= 0.6 is 0 Å². The SMILES string of the molecule is CC(C)(C)N1CCN(C(=O)OC(=O)C(=O)c2ccccc2)CC1. The molecule has 0 N–H and O–H groups in total. The van der Waals surface area contributed by atoms with E-state index in [0.29, 0.717) is 26.2 Å². The molecule has 0 bridgehead atoms. The molecule has 0 unspecified atom stereocenters. The number of amides is 1. The lowest BCUT2D eigenvalue weighted by molar-refractivity contribution is -0.133. The van der Waals surface area contributed by atoms with E-state index in [1.807, 2.05) is 0 Å². The number of piperazine rings is 1. The molecular formula is C17H22N2O4. The number of benzene rings is 1. The second-order valence-corrected chi connectivity index (χ2v) is 6.50. The number of rotatable bonds is 2. The Balaban J connectivity index is 1.88. The average Bonchev–Trinajstić information content (AvgIpc) is 2.54. The van der Waals surface area contributed by atoms with E-state index < -0.39 is 17.8 Å². The normalized spacial score (nSPS) is 16.0. The maximum atomic E-state index is 12.0. The van der Waals surface area contributed by atoms with Gasteiger partial charge in [-0.1, -0.05) is 30.3 Å². The van der Waals surface area contributed by atoms with E-state index in [0.717, 1.165) is 0 Å². The molecule has 6 heteroatoms. The molecule has 0 saturated carbocycles. The van der Waals surface area contributed by atoms with E-state index >= 15 is 0 Å². The van der Waals surface area contributed by atoms with Crippen LogP contribution < -0.4 is 0 Å². The van der Waals surface area contributed by atoms with Crippen LogP contribution in [0.4, 0.5) is 4.79 Å². The molecule has 1 amide bonds. The molecule has 1 aliphatic rings. The number of Topliss-reactive ketones (excluding diaryl/α,β-unsaturated/α-hetero) is 1. The van der Waals surface area contributed by atoms with Crippen LogP contribution in [0.1, 0.15) is 31.1 Å². The monoisotopic (exact) mass is 318 g/mol. The minimum Gasteiger partial charge on any atom is -0.370 e. The summed E-state index contributed by atoms with van der Waals surface area (Å²) in [5.41, 5.74) is 0.248. The van der Waals surface area contributed by atoms with Crippen molar-refractivity contribution in [3.05, 3.63) is 35.9 Å². The van der Waals surface area contributed by atoms with E-state index in [9.17, 15) is 14.4 Å². The van der Waals surface area contributed by atoms with Crippen LogP contribution in [0.2, 0.25) is 0 Å². The van der Waals surface area contributed by atoms with Gasteiger partial charge in [0.15, 0.2) is 0 Å². The second-order valence-electron chi connectivity index (χ2n) is 6.50. The molecule has 23 heavy (non-hydrogen) atoms. The molecule has 2 rings (SSSR count). The predicted octanol–water partition coefficient (Wildman–Crippen LogP) is 1.95. The van der Waals surface area contributed by atoms with Crippen LogP contribution in [0.25, 0.3) is 0 Å². The lowest BCUT2D eigenvalue weighted by atomic mass is 10.1. The summed E-state index contributed by atoms with van der Waals surface area (Å²) in [6.45, 7) is 8.71. The predicted molar refractivity (Wildman–Crippen MR) is 85.2 cm³/mol. The van der Waals surface area contributed by atoms with Gasteiger partial charge in [0.2, 0.25) is 0 Å². The van der Waals surface area contributed by atoms with Crippen molar-refractivity contribution in [1.82, 2.24) is 9.80 Å². The number of hydrogen-bond acceptors (Lipinski definition) is 5. The fraction of sp³-hybridized carbons (Fsp3) is 0.471. The molecule has 0 aromatic heterocycles. The maximum Gasteiger partial charge on any atom is 0.417 e. The molecule has 1 aromatic rings. The fourth-order valence-corrected chi connectivity index (χ4v) is 2.46. The molecule has 1 aromatic carbocycles. The lowest BCUT2D eigenvalue weighted by Gasteiger charge is -2.41. The second kappa shape index (κ2) is 6.91. The molecule has 0 radical (unpaired) electrons. The molecule has 6 nitrogen and oxygen atoms in total. The Morgan fingerprint density at radius 3 is 2.04 bits per heavy atom. The Hall–Kier alpha value is -2.21. The molecule has 1 fully saturated rings. The topological polar surface area (TPSA) is 66.9 Å². The van der Waals surface area contributed by atoms with Gasteiger partial charge < -0.3 is 9.64 Å². The van der Waals surface area contributed by atoms with Crippen molar-refractivity contribution in [2.24, 2.45) is 0 Å². The van der Waals surface area contributed by atoms with E-state index in [1.54, 1.807) is 18.2 Å². The van der Waals surface area contributed by atoms with Crippen molar-refractivity contribution in [1.29, 1.82) is 0 Å². The number of ether oxygens (including phenoxy) is 1. The van der Waals surface area contributed by atoms with Gasteiger partial charge in [-0.2, -0.15) is 0 Å². The van der Waals surface area contributed by atoms with Gasteiger partial charge in [0.1, 0.15) is 0 Å². The smallest absolute Gasteiger partial charge is 0.370 e. The van der Waals surface area contributed by atoms with Gasteiger partial charge in [0.25, 0.3) is 5.78 Å². The Morgan fingerprint density at radius 2 is 1.52 bits per heavy atom. The van der Waals surface area contributed by atoms with Gasteiger partial charge in [-0.3, -0.25) is 9.69 Å². The first-order valence-corrected chi connectivity index (χ1v) is 7.64. The van der Waals surface area contributed by atoms with Crippen molar-refractivity contribution in [3.63, 3.8) is 0 Å². The standard InChI is InChI=1S/C17H22N2O4/c1-17(2,3)19-11-9-18(10-12-19)16(22)23-15(21)14(20)13-7-5-4-6-8-13/h4-8H,9-12H2,1-3H3. The van der Waals surface area contributed by atoms with Crippen molar-refractivity contribution >= 4 is 17.8 Å². The fourth-order valence-electron chi connectivity index (χ4n) is 2.46. The zero-order valence-electron chi connectivity index (χ0n) is 13.7. The van der Waals surface area contributed by atoms with E-state index in [2.05, 4.69) is 25.7 Å². The Morgan fingerprint density at radius 1 is 0.957 bits per heavy atom. The summed E-state index contributed by atoms with van der Waals surface area (Å²) >= 11 is 0. The van der Waals surface area contributed by atoms with Crippen LogP contribution in [-0.4, -0.2) is 59.4 Å². The first kappa shape index (κ1) is 17.1. The first-order chi connectivity index (χ1) is 10.8. The zero-order valence-corrected chi connectivity index (χ0v) is 13.7. The van der Waals surface area contributed by atoms with E-state index in [-0.39, 0.29) is 11.1 Å². The van der Waals surface area contributed by atoms with Crippen LogP contribution in [0.5, 0.6) is 0 Å². The summed E-state index contributed by atoms with van der Waals surface area (Å²) in [5.74, 6) is -1.95. The Bertz CT molecular complexity index is 584. The highest BCUT2D eigenvalue weighted by Gasteiger charge is 2.30. The summed E-state index contributed by atoms with van der Waals surface area (Å²) in [6, 6.07) is 8.05. The van der Waals surface area contributed by atoms with Crippen LogP contribution in [-0.2, 0) is 9.53 Å². The molecule has 0 atom stereocenters. The molecular weight excluding hydrogens is 296 g/mol. The lowest BCUT2D eigenvalue weighted by Crippen LogP contribution is -2.55. The highest BCUT2D eigenvalue weighted by atomic mass is 16.6. The molecule has 1 saturated heterocycles. The van der Waals surface area contributed by atoms with Gasteiger partial charge in [0.05, 0.1) is 0 Å². The summed E-state index contributed by atoms with van der Waals surface area (Å²) in [6.07, 6.45) is -0.757. The number of hydrogen-bond donors (Lipinski definition) is 0. The van der Waals surface area contributed by atoms with Crippen molar-refractivity contribution in [2.45, 2.75) is 26.3 Å². The van der Waals surface area contributed by atoms with Gasteiger partial charge in [-0.25, -0.2) is 9.59 Å². The molecule has 124 valence electrons. The molecule has 1 aliphatic heterocycles. The number of esters is 1. The third-order valence-electron chi connectivity index (χ3n) is 3.89. The van der Waals surface area contributed by atoms with Gasteiger partial charge in [-0.05, 0) is 20.8 Å². The van der Waals surface area contributed by atoms with Crippen molar-refractivity contribution < 1.29 is 19.1 Å². The largest absolute Gasteiger partial charge is 0.417 e. The average molecular weight is 318 g/mol. The van der Waals surface area contributed by atoms with Crippen LogP contribution in [0, 0.1) is 0 Å². The summed E-state index contributed by atoms with van der Waals surface area (Å²) in [4.78, 5) is 39.4. The highest BCUT2D eigenvalue weighted by Crippen LogP contribution is 2.16.